The maximum Gasteiger partial charge on any atom is 0.315 e. The Labute approximate surface area is 156 Å². The molecule has 0 unspecified atom stereocenters. The molecule has 1 aromatic heterocycles. The predicted octanol–water partition coefficient (Wildman–Crippen LogP) is 2.02. The van der Waals surface area contributed by atoms with E-state index in [1.54, 1.807) is 0 Å². The van der Waals surface area contributed by atoms with Crippen molar-refractivity contribution in [1.29, 1.82) is 0 Å². The molecule has 0 bridgehead atoms. The minimum Gasteiger partial charge on any atom is -0.335 e. The van der Waals surface area contributed by atoms with Gasteiger partial charge in [-0.25, -0.2) is 9.48 Å². The Bertz CT molecular complexity index is 581. The molecule has 1 saturated heterocycles. The van der Waals surface area contributed by atoms with Crippen molar-refractivity contribution >= 4 is 6.03 Å². The Morgan fingerprint density at radius 3 is 2.27 bits per heavy atom. The zero-order valence-corrected chi connectivity index (χ0v) is 16.4. The first kappa shape index (κ1) is 19.1. The van der Waals surface area contributed by atoms with Crippen LogP contribution in [0, 0.1) is 0 Å². The number of urea groups is 1. The van der Waals surface area contributed by atoms with Crippen LogP contribution in [-0.2, 0) is 12.1 Å². The first-order valence-electron chi connectivity index (χ1n) is 9.99. The second-order valence-electron chi connectivity index (χ2n) is 8.68. The fraction of sp³-hybridized carbons (Fsp3) is 0.889. The number of tetrazole rings is 1. The van der Waals surface area contributed by atoms with E-state index in [2.05, 4.69) is 51.8 Å². The molecule has 3 rings (SSSR count). The summed E-state index contributed by atoms with van der Waals surface area (Å²) in [6.07, 6.45) is 7.94. The zero-order chi connectivity index (χ0) is 18.6. The van der Waals surface area contributed by atoms with Crippen molar-refractivity contribution in [1.82, 2.24) is 35.7 Å². The van der Waals surface area contributed by atoms with E-state index < -0.39 is 0 Å². The lowest BCUT2D eigenvalue weighted by molar-refractivity contribution is 0.175. The molecule has 2 aliphatic rings. The lowest BCUT2D eigenvalue weighted by atomic mass is 9.96. The highest BCUT2D eigenvalue weighted by Gasteiger charge is 2.25. The summed E-state index contributed by atoms with van der Waals surface area (Å²) in [5.74, 6) is 0.902. The number of piperidine rings is 1. The summed E-state index contributed by atoms with van der Waals surface area (Å²) in [5.41, 5.74) is -0.115. The second-order valence-corrected chi connectivity index (χ2v) is 8.68. The van der Waals surface area contributed by atoms with E-state index in [9.17, 15) is 4.79 Å². The van der Waals surface area contributed by atoms with E-state index in [0.29, 0.717) is 6.04 Å². The third-order valence-electron chi connectivity index (χ3n) is 5.40. The molecule has 26 heavy (non-hydrogen) atoms. The van der Waals surface area contributed by atoms with Gasteiger partial charge in [-0.1, -0.05) is 19.3 Å². The van der Waals surface area contributed by atoms with Crippen molar-refractivity contribution in [2.45, 2.75) is 89.9 Å². The van der Waals surface area contributed by atoms with Crippen molar-refractivity contribution in [3.05, 3.63) is 5.82 Å². The van der Waals surface area contributed by atoms with Crippen LogP contribution < -0.4 is 10.6 Å². The Balaban J connectivity index is 1.41. The molecule has 0 atom stereocenters. The topological polar surface area (TPSA) is 88.0 Å². The van der Waals surface area contributed by atoms with Crippen molar-refractivity contribution in [2.75, 3.05) is 13.1 Å². The third-order valence-corrected chi connectivity index (χ3v) is 5.40. The number of hydrogen-bond donors (Lipinski definition) is 2. The molecule has 1 aliphatic carbocycles. The molecule has 8 nitrogen and oxygen atoms in total. The van der Waals surface area contributed by atoms with Crippen molar-refractivity contribution in [2.24, 2.45) is 0 Å². The molecular formula is C18H33N7O. The summed E-state index contributed by atoms with van der Waals surface area (Å²) in [6, 6.07) is 0.626. The van der Waals surface area contributed by atoms with Gasteiger partial charge in [0.2, 0.25) is 0 Å². The normalized spacial score (nSPS) is 20.9. The predicted molar refractivity (Wildman–Crippen MR) is 99.7 cm³/mol. The van der Waals surface area contributed by atoms with Gasteiger partial charge in [0.25, 0.3) is 0 Å². The molecule has 0 radical (unpaired) electrons. The monoisotopic (exact) mass is 363 g/mol. The van der Waals surface area contributed by atoms with Gasteiger partial charge in [0.15, 0.2) is 5.82 Å². The number of likely N-dealkylation sites (tertiary alicyclic amines) is 1. The Morgan fingerprint density at radius 2 is 1.65 bits per heavy atom. The summed E-state index contributed by atoms with van der Waals surface area (Å²) >= 11 is 0. The Hall–Kier alpha value is -1.70. The SMILES string of the molecule is CC(C)(C)n1nnnc1CN1CCC(NC(=O)NC2CCCCC2)CC1. The van der Waals surface area contributed by atoms with Gasteiger partial charge in [0.05, 0.1) is 12.1 Å². The first-order chi connectivity index (χ1) is 12.4. The average molecular weight is 364 g/mol. The number of carbonyl (C=O) groups excluding carboxylic acids is 1. The quantitative estimate of drug-likeness (QED) is 0.854. The highest BCUT2D eigenvalue weighted by Crippen LogP contribution is 2.18. The molecular weight excluding hydrogens is 330 g/mol. The van der Waals surface area contributed by atoms with E-state index in [1.807, 2.05) is 4.68 Å². The maximum atomic E-state index is 12.2. The molecule has 2 fully saturated rings. The van der Waals surface area contributed by atoms with E-state index in [4.69, 9.17) is 0 Å². The van der Waals surface area contributed by atoms with Gasteiger partial charge in [0, 0.05) is 25.2 Å². The van der Waals surface area contributed by atoms with Crippen LogP contribution >= 0.6 is 0 Å². The summed E-state index contributed by atoms with van der Waals surface area (Å²) in [4.78, 5) is 14.6. The number of carbonyl (C=O) groups is 1. The van der Waals surface area contributed by atoms with Crippen LogP contribution in [-0.4, -0.2) is 56.3 Å². The highest BCUT2D eigenvalue weighted by molar-refractivity contribution is 5.74. The van der Waals surface area contributed by atoms with E-state index in [1.165, 1.54) is 19.3 Å². The first-order valence-corrected chi connectivity index (χ1v) is 9.99. The van der Waals surface area contributed by atoms with Crippen LogP contribution in [0.3, 0.4) is 0 Å². The number of nitrogens with one attached hydrogen (secondary N) is 2. The average Bonchev–Trinajstić information content (AvgIpc) is 3.06. The Morgan fingerprint density at radius 1 is 1.04 bits per heavy atom. The van der Waals surface area contributed by atoms with Crippen molar-refractivity contribution in [3.63, 3.8) is 0 Å². The number of hydrogen-bond acceptors (Lipinski definition) is 5. The fourth-order valence-corrected chi connectivity index (χ4v) is 3.92. The molecule has 1 aromatic rings. The van der Waals surface area contributed by atoms with Crippen LogP contribution in [0.5, 0.6) is 0 Å². The van der Waals surface area contributed by atoms with Gasteiger partial charge in [-0.05, 0) is 56.9 Å². The van der Waals surface area contributed by atoms with Crippen LogP contribution in [0.1, 0.15) is 71.5 Å². The van der Waals surface area contributed by atoms with E-state index >= 15 is 0 Å². The molecule has 2 heterocycles. The van der Waals surface area contributed by atoms with Crippen LogP contribution in [0.25, 0.3) is 0 Å². The summed E-state index contributed by atoms with van der Waals surface area (Å²) in [6.45, 7) is 8.97. The van der Waals surface area contributed by atoms with Crippen LogP contribution in [0.4, 0.5) is 4.79 Å². The lowest BCUT2D eigenvalue weighted by Crippen LogP contribution is -2.50. The number of aromatic nitrogens is 4. The number of amides is 2. The molecule has 0 spiro atoms. The molecule has 2 N–H and O–H groups in total. The fourth-order valence-electron chi connectivity index (χ4n) is 3.92. The van der Waals surface area contributed by atoms with Crippen LogP contribution in [0.15, 0.2) is 0 Å². The van der Waals surface area contributed by atoms with Gasteiger partial charge < -0.3 is 10.6 Å². The van der Waals surface area contributed by atoms with E-state index in [0.717, 1.165) is 51.1 Å². The van der Waals surface area contributed by atoms with E-state index in [-0.39, 0.29) is 17.6 Å². The smallest absolute Gasteiger partial charge is 0.315 e. The van der Waals surface area contributed by atoms with Crippen molar-refractivity contribution in [3.8, 4) is 0 Å². The van der Waals surface area contributed by atoms with Gasteiger partial charge in [-0.3, -0.25) is 4.90 Å². The van der Waals surface area contributed by atoms with Gasteiger partial charge in [-0.15, -0.1) is 5.10 Å². The van der Waals surface area contributed by atoms with Crippen molar-refractivity contribution < 1.29 is 4.79 Å². The highest BCUT2D eigenvalue weighted by atomic mass is 16.2. The zero-order valence-electron chi connectivity index (χ0n) is 16.4. The molecule has 1 aliphatic heterocycles. The molecule has 0 aromatic carbocycles. The standard InChI is InChI=1S/C18H33N7O/c1-18(2,3)25-16(21-22-23-25)13-24-11-9-15(10-12-24)20-17(26)19-14-7-5-4-6-8-14/h14-15H,4-13H2,1-3H3,(H2,19,20,26). The number of nitrogens with zero attached hydrogens (tertiary/aromatic N) is 5. The molecule has 146 valence electrons. The van der Waals surface area contributed by atoms with Crippen LogP contribution in [0.2, 0.25) is 0 Å². The van der Waals surface area contributed by atoms with Gasteiger partial charge >= 0.3 is 6.03 Å². The summed E-state index contributed by atoms with van der Waals surface area (Å²) in [5, 5.41) is 18.5. The molecule has 8 heteroatoms. The lowest BCUT2D eigenvalue weighted by Gasteiger charge is -2.33. The summed E-state index contributed by atoms with van der Waals surface area (Å²) in [7, 11) is 0. The van der Waals surface area contributed by atoms with Gasteiger partial charge in [-0.2, -0.15) is 0 Å². The van der Waals surface area contributed by atoms with Gasteiger partial charge in [0.1, 0.15) is 0 Å². The molecule has 2 amide bonds. The minimum absolute atomic E-state index is 0.00651. The Kier molecular flexibility index (Phi) is 6.11. The molecule has 1 saturated carbocycles. The summed E-state index contributed by atoms with van der Waals surface area (Å²) < 4.78 is 1.90. The third kappa shape index (κ3) is 5.16. The maximum absolute atomic E-state index is 12.2. The minimum atomic E-state index is -0.115. The largest absolute Gasteiger partial charge is 0.335 e. The second kappa shape index (κ2) is 8.33. The number of rotatable bonds is 4.